The van der Waals surface area contributed by atoms with Gasteiger partial charge in [-0.1, -0.05) is 61.3 Å². The van der Waals surface area contributed by atoms with Crippen LogP contribution in [0, 0.1) is 0 Å². The van der Waals surface area contributed by atoms with Gasteiger partial charge >= 0.3 is 0 Å². The Balaban J connectivity index is 2.00. The Hall–Kier alpha value is -1.38. The molecule has 0 aliphatic heterocycles. The molecular weight excluding hydrogens is 329 g/mol. The van der Waals surface area contributed by atoms with E-state index in [4.69, 9.17) is 27.9 Å². The standard InChI is InChI=1S/C19H23Cl2NO/c1-4-13(2)15-8-5-6-11-18(15)23-14(3)12-22-17-10-7-9-16(20)19(17)21/h5-11,13-14,22H,4,12H2,1-3H3. The number of hydrogen-bond acceptors (Lipinski definition) is 2. The number of halogens is 2. The summed E-state index contributed by atoms with van der Waals surface area (Å²) >= 11 is 12.2. The van der Waals surface area contributed by atoms with Crippen molar-refractivity contribution in [3.05, 3.63) is 58.1 Å². The topological polar surface area (TPSA) is 21.3 Å². The maximum atomic E-state index is 6.19. The van der Waals surface area contributed by atoms with E-state index >= 15 is 0 Å². The summed E-state index contributed by atoms with van der Waals surface area (Å²) in [5.41, 5.74) is 2.08. The van der Waals surface area contributed by atoms with Crippen LogP contribution in [0.3, 0.4) is 0 Å². The first kappa shape index (κ1) is 18.0. The summed E-state index contributed by atoms with van der Waals surface area (Å²) in [5.74, 6) is 1.43. The predicted molar refractivity (Wildman–Crippen MR) is 100 cm³/mol. The molecule has 2 nitrogen and oxygen atoms in total. The quantitative estimate of drug-likeness (QED) is 0.624. The van der Waals surface area contributed by atoms with Gasteiger partial charge in [0.25, 0.3) is 0 Å². The Morgan fingerprint density at radius 2 is 1.78 bits per heavy atom. The summed E-state index contributed by atoms with van der Waals surface area (Å²) in [4.78, 5) is 0. The first-order valence-corrected chi connectivity index (χ1v) is 8.72. The second-order valence-corrected chi connectivity index (χ2v) is 6.54. The Morgan fingerprint density at radius 3 is 2.52 bits per heavy atom. The van der Waals surface area contributed by atoms with Crippen LogP contribution in [-0.4, -0.2) is 12.6 Å². The molecular formula is C19H23Cl2NO. The van der Waals surface area contributed by atoms with Crippen molar-refractivity contribution in [1.29, 1.82) is 0 Å². The molecule has 0 aliphatic rings. The zero-order valence-corrected chi connectivity index (χ0v) is 15.3. The summed E-state index contributed by atoms with van der Waals surface area (Å²) < 4.78 is 6.12. The molecule has 0 bridgehead atoms. The summed E-state index contributed by atoms with van der Waals surface area (Å²) in [6, 6.07) is 13.8. The normalized spacial score (nSPS) is 13.4. The van der Waals surface area contributed by atoms with E-state index in [0.717, 1.165) is 17.9 Å². The highest BCUT2D eigenvalue weighted by atomic mass is 35.5. The number of rotatable bonds is 7. The first-order valence-electron chi connectivity index (χ1n) is 7.96. The number of nitrogens with one attached hydrogen (secondary N) is 1. The minimum atomic E-state index is 0.00949. The molecule has 2 atom stereocenters. The van der Waals surface area contributed by atoms with Crippen LogP contribution in [0.2, 0.25) is 10.0 Å². The molecule has 124 valence electrons. The number of para-hydroxylation sites is 1. The molecule has 0 radical (unpaired) electrons. The maximum Gasteiger partial charge on any atom is 0.123 e. The van der Waals surface area contributed by atoms with Crippen LogP contribution in [-0.2, 0) is 0 Å². The highest BCUT2D eigenvalue weighted by Crippen LogP contribution is 2.31. The summed E-state index contributed by atoms with van der Waals surface area (Å²) in [7, 11) is 0. The molecule has 0 saturated carbocycles. The van der Waals surface area contributed by atoms with Crippen molar-refractivity contribution in [3.63, 3.8) is 0 Å². The summed E-state index contributed by atoms with van der Waals surface area (Å²) in [6.45, 7) is 7.10. The number of ether oxygens (including phenoxy) is 1. The molecule has 0 aliphatic carbocycles. The zero-order chi connectivity index (χ0) is 16.8. The van der Waals surface area contributed by atoms with E-state index < -0.39 is 0 Å². The van der Waals surface area contributed by atoms with Crippen LogP contribution < -0.4 is 10.1 Å². The Kier molecular flexibility index (Phi) is 6.61. The number of anilines is 1. The molecule has 1 N–H and O–H groups in total. The average Bonchev–Trinajstić information content (AvgIpc) is 2.56. The van der Waals surface area contributed by atoms with Crippen molar-refractivity contribution in [2.45, 2.75) is 39.2 Å². The Labute approximate surface area is 148 Å². The van der Waals surface area contributed by atoms with Crippen LogP contribution in [0.5, 0.6) is 5.75 Å². The molecule has 0 aromatic heterocycles. The largest absolute Gasteiger partial charge is 0.489 e. The van der Waals surface area contributed by atoms with E-state index in [0.29, 0.717) is 22.5 Å². The third kappa shape index (κ3) is 4.79. The molecule has 4 heteroatoms. The second-order valence-electron chi connectivity index (χ2n) is 5.76. The van der Waals surface area contributed by atoms with Gasteiger partial charge in [0.05, 0.1) is 22.3 Å². The van der Waals surface area contributed by atoms with Crippen molar-refractivity contribution in [3.8, 4) is 5.75 Å². The van der Waals surface area contributed by atoms with E-state index in [-0.39, 0.29) is 6.10 Å². The van der Waals surface area contributed by atoms with Gasteiger partial charge < -0.3 is 10.1 Å². The molecule has 0 saturated heterocycles. The van der Waals surface area contributed by atoms with E-state index in [9.17, 15) is 0 Å². The molecule has 0 spiro atoms. The monoisotopic (exact) mass is 351 g/mol. The lowest BCUT2D eigenvalue weighted by atomic mass is 9.98. The van der Waals surface area contributed by atoms with Gasteiger partial charge in [0.2, 0.25) is 0 Å². The SMILES string of the molecule is CCC(C)c1ccccc1OC(C)CNc1cccc(Cl)c1Cl. The minimum Gasteiger partial charge on any atom is -0.489 e. The van der Waals surface area contributed by atoms with Gasteiger partial charge in [0, 0.05) is 0 Å². The molecule has 2 aromatic rings. The van der Waals surface area contributed by atoms with Gasteiger partial charge in [0.15, 0.2) is 0 Å². The van der Waals surface area contributed by atoms with E-state index in [1.807, 2.05) is 31.2 Å². The van der Waals surface area contributed by atoms with Crippen molar-refractivity contribution in [1.82, 2.24) is 0 Å². The lowest BCUT2D eigenvalue weighted by molar-refractivity contribution is 0.231. The van der Waals surface area contributed by atoms with Gasteiger partial charge in [-0.05, 0) is 43.0 Å². The highest BCUT2D eigenvalue weighted by Gasteiger charge is 2.13. The van der Waals surface area contributed by atoms with E-state index in [1.165, 1.54) is 5.56 Å². The fourth-order valence-corrected chi connectivity index (χ4v) is 2.73. The van der Waals surface area contributed by atoms with Crippen LogP contribution in [0.1, 0.15) is 38.7 Å². The third-order valence-electron chi connectivity index (χ3n) is 3.92. The van der Waals surface area contributed by atoms with Crippen LogP contribution in [0.25, 0.3) is 0 Å². The lowest BCUT2D eigenvalue weighted by Crippen LogP contribution is -2.23. The van der Waals surface area contributed by atoms with Crippen LogP contribution in [0.15, 0.2) is 42.5 Å². The van der Waals surface area contributed by atoms with Crippen molar-refractivity contribution in [2.24, 2.45) is 0 Å². The van der Waals surface area contributed by atoms with Crippen LogP contribution in [0.4, 0.5) is 5.69 Å². The minimum absolute atomic E-state index is 0.00949. The number of benzene rings is 2. The highest BCUT2D eigenvalue weighted by molar-refractivity contribution is 6.43. The molecule has 0 amide bonds. The zero-order valence-electron chi connectivity index (χ0n) is 13.8. The van der Waals surface area contributed by atoms with Crippen molar-refractivity contribution in [2.75, 3.05) is 11.9 Å². The fourth-order valence-electron chi connectivity index (χ4n) is 2.37. The van der Waals surface area contributed by atoms with E-state index in [1.54, 1.807) is 6.07 Å². The molecule has 0 fully saturated rings. The Bertz CT molecular complexity index is 645. The molecule has 2 rings (SSSR count). The van der Waals surface area contributed by atoms with Gasteiger partial charge in [-0.25, -0.2) is 0 Å². The maximum absolute atomic E-state index is 6.19. The van der Waals surface area contributed by atoms with Crippen molar-refractivity contribution < 1.29 is 4.74 Å². The lowest BCUT2D eigenvalue weighted by Gasteiger charge is -2.21. The van der Waals surface area contributed by atoms with Gasteiger partial charge in [-0.2, -0.15) is 0 Å². The second kappa shape index (κ2) is 8.47. The smallest absolute Gasteiger partial charge is 0.123 e. The fraction of sp³-hybridized carbons (Fsp3) is 0.368. The molecule has 2 aromatic carbocycles. The van der Waals surface area contributed by atoms with Crippen LogP contribution >= 0.6 is 23.2 Å². The summed E-state index contributed by atoms with van der Waals surface area (Å²) in [6.07, 6.45) is 1.10. The molecule has 2 unspecified atom stereocenters. The van der Waals surface area contributed by atoms with Gasteiger partial charge in [-0.3, -0.25) is 0 Å². The van der Waals surface area contributed by atoms with Gasteiger partial charge in [0.1, 0.15) is 11.9 Å². The molecule has 0 heterocycles. The third-order valence-corrected chi connectivity index (χ3v) is 4.74. The first-order chi connectivity index (χ1) is 11.0. The average molecular weight is 352 g/mol. The summed E-state index contributed by atoms with van der Waals surface area (Å²) in [5, 5.41) is 4.39. The van der Waals surface area contributed by atoms with Crippen molar-refractivity contribution >= 4 is 28.9 Å². The number of hydrogen-bond donors (Lipinski definition) is 1. The Morgan fingerprint density at radius 1 is 1.04 bits per heavy atom. The predicted octanol–water partition coefficient (Wildman–Crippen LogP) is 6.39. The van der Waals surface area contributed by atoms with Gasteiger partial charge in [-0.15, -0.1) is 0 Å². The molecule has 23 heavy (non-hydrogen) atoms. The van der Waals surface area contributed by atoms with E-state index in [2.05, 4.69) is 31.3 Å².